The van der Waals surface area contributed by atoms with Crippen molar-refractivity contribution in [2.24, 2.45) is 0 Å². The molecule has 4 aromatic carbocycles. The van der Waals surface area contributed by atoms with Crippen LogP contribution in [0.3, 0.4) is 0 Å². The highest BCUT2D eigenvalue weighted by Gasteiger charge is 2.48. The molecule has 0 aromatic heterocycles. The summed E-state index contributed by atoms with van der Waals surface area (Å²) < 4.78 is 34.8. The van der Waals surface area contributed by atoms with E-state index in [2.05, 4.69) is 5.32 Å². The number of methoxy groups -OCH3 is 1. The van der Waals surface area contributed by atoms with Gasteiger partial charge in [0.05, 0.1) is 17.2 Å². The number of para-hydroxylation sites is 2. The summed E-state index contributed by atoms with van der Waals surface area (Å²) in [4.78, 5) is 29.3. The topological polar surface area (TPSA) is 96.0 Å². The molecule has 40 heavy (non-hydrogen) atoms. The van der Waals surface area contributed by atoms with Gasteiger partial charge in [0.1, 0.15) is 12.1 Å². The van der Waals surface area contributed by atoms with E-state index in [1.165, 1.54) is 9.21 Å². The Morgan fingerprint density at radius 1 is 0.825 bits per heavy atom. The number of hydrogen-bond acceptors (Lipinski definition) is 5. The van der Waals surface area contributed by atoms with Gasteiger partial charge in [-0.15, -0.1) is 0 Å². The lowest BCUT2D eigenvalue weighted by Gasteiger charge is -2.32. The van der Waals surface area contributed by atoms with E-state index >= 15 is 0 Å². The molecule has 2 amide bonds. The fourth-order valence-corrected chi connectivity index (χ4v) is 7.39. The summed E-state index contributed by atoms with van der Waals surface area (Å²) in [6.45, 7) is 0.649. The van der Waals surface area contributed by atoms with Crippen LogP contribution in [0.15, 0.2) is 95.9 Å². The van der Waals surface area contributed by atoms with Gasteiger partial charge in [-0.2, -0.15) is 0 Å². The molecule has 0 fully saturated rings. The zero-order chi connectivity index (χ0) is 27.9. The Balaban J connectivity index is 1.41. The van der Waals surface area contributed by atoms with Crippen LogP contribution in [0.25, 0.3) is 10.8 Å². The molecule has 0 spiro atoms. The van der Waals surface area contributed by atoms with Crippen molar-refractivity contribution in [2.45, 2.75) is 29.8 Å². The maximum absolute atomic E-state index is 14.4. The highest BCUT2D eigenvalue weighted by atomic mass is 32.2. The van der Waals surface area contributed by atoms with Crippen molar-refractivity contribution < 1.29 is 22.7 Å². The number of benzene rings is 4. The smallest absolute Gasteiger partial charge is 0.265 e. The molecule has 1 N–H and O–H groups in total. The molecule has 0 saturated heterocycles. The van der Waals surface area contributed by atoms with Crippen LogP contribution in [0.2, 0.25) is 0 Å². The Morgan fingerprint density at radius 2 is 1.45 bits per heavy atom. The number of sulfonamides is 1. The van der Waals surface area contributed by atoms with Crippen molar-refractivity contribution in [3.8, 4) is 0 Å². The molecule has 2 atom stereocenters. The largest absolute Gasteiger partial charge is 0.383 e. The number of rotatable bonds is 7. The average molecular weight is 556 g/mol. The maximum Gasteiger partial charge on any atom is 0.265 e. The minimum Gasteiger partial charge on any atom is -0.383 e. The number of nitrogens with one attached hydrogen (secondary N) is 1. The van der Waals surface area contributed by atoms with Gasteiger partial charge in [-0.3, -0.25) is 18.8 Å². The van der Waals surface area contributed by atoms with Gasteiger partial charge in [-0.1, -0.05) is 66.7 Å². The summed E-state index contributed by atoms with van der Waals surface area (Å²) in [5.74, 6) is -0.738. The predicted molar refractivity (Wildman–Crippen MR) is 154 cm³/mol. The van der Waals surface area contributed by atoms with Crippen molar-refractivity contribution in [3.63, 3.8) is 0 Å². The van der Waals surface area contributed by atoms with Crippen molar-refractivity contribution >= 4 is 44.0 Å². The van der Waals surface area contributed by atoms with E-state index in [0.29, 0.717) is 30.9 Å². The number of carbonyl (C=O) groups excluding carboxylic acids is 2. The van der Waals surface area contributed by atoms with Gasteiger partial charge < -0.3 is 10.1 Å². The Bertz CT molecular complexity index is 1720. The van der Waals surface area contributed by atoms with E-state index < -0.39 is 28.0 Å². The molecule has 4 aromatic rings. The second-order valence-electron chi connectivity index (χ2n) is 10.00. The van der Waals surface area contributed by atoms with Gasteiger partial charge >= 0.3 is 0 Å². The lowest BCUT2D eigenvalue weighted by atomic mass is 10.1. The molecule has 0 radical (unpaired) electrons. The van der Waals surface area contributed by atoms with Gasteiger partial charge in [0.2, 0.25) is 5.91 Å². The van der Waals surface area contributed by atoms with Crippen molar-refractivity contribution in [3.05, 3.63) is 102 Å². The zero-order valence-electron chi connectivity index (χ0n) is 22.0. The van der Waals surface area contributed by atoms with Crippen LogP contribution in [0, 0.1) is 0 Å². The fourth-order valence-electron chi connectivity index (χ4n) is 5.71. The summed E-state index contributed by atoms with van der Waals surface area (Å²) in [5, 5.41) is 4.56. The number of fused-ring (bicyclic) bond motifs is 3. The highest BCUT2D eigenvalue weighted by Crippen LogP contribution is 2.40. The molecule has 0 aliphatic carbocycles. The Kier molecular flexibility index (Phi) is 6.77. The molecule has 8 nitrogen and oxygen atoms in total. The van der Waals surface area contributed by atoms with Gasteiger partial charge in [0.25, 0.3) is 15.9 Å². The van der Waals surface area contributed by atoms with Crippen LogP contribution in [-0.2, 0) is 37.2 Å². The van der Waals surface area contributed by atoms with Crippen LogP contribution in [0.1, 0.15) is 11.1 Å². The lowest BCUT2D eigenvalue weighted by Crippen LogP contribution is -2.55. The van der Waals surface area contributed by atoms with Crippen LogP contribution in [0.5, 0.6) is 0 Å². The normalized spacial score (nSPS) is 18.0. The summed E-state index contributed by atoms with van der Waals surface area (Å²) in [7, 11) is -2.58. The average Bonchev–Trinajstić information content (AvgIpc) is 3.56. The quantitative estimate of drug-likeness (QED) is 0.351. The minimum absolute atomic E-state index is 0.108. The molecular weight excluding hydrogens is 526 g/mol. The SMILES string of the molecule is COCCNC(=O)C1Cc2ccccc2N1C(=O)C1Cc2ccccc2N1S(=O)(=O)c1ccc2ccccc2c1. The second kappa shape index (κ2) is 10.4. The van der Waals surface area contributed by atoms with Gasteiger partial charge in [0, 0.05) is 32.2 Å². The van der Waals surface area contributed by atoms with Crippen molar-refractivity contribution in [1.82, 2.24) is 5.32 Å². The van der Waals surface area contributed by atoms with Gasteiger partial charge in [-0.05, 0) is 46.2 Å². The first kappa shape index (κ1) is 26.0. The van der Waals surface area contributed by atoms with E-state index in [0.717, 1.165) is 21.9 Å². The van der Waals surface area contributed by atoms with Crippen LogP contribution < -0.4 is 14.5 Å². The lowest BCUT2D eigenvalue weighted by molar-refractivity contribution is -0.126. The first-order valence-corrected chi connectivity index (χ1v) is 14.6. The Morgan fingerprint density at radius 3 is 2.20 bits per heavy atom. The van der Waals surface area contributed by atoms with E-state index in [-0.39, 0.29) is 17.2 Å². The molecule has 6 rings (SSSR count). The number of nitrogens with zero attached hydrogens (tertiary/aromatic N) is 2. The van der Waals surface area contributed by atoms with Gasteiger partial charge in [0.15, 0.2) is 0 Å². The predicted octanol–water partition coefficient (Wildman–Crippen LogP) is 3.68. The summed E-state index contributed by atoms with van der Waals surface area (Å²) in [6, 6.07) is 25.3. The molecule has 2 unspecified atom stereocenters. The zero-order valence-corrected chi connectivity index (χ0v) is 22.8. The minimum atomic E-state index is -4.13. The summed E-state index contributed by atoms with van der Waals surface area (Å²) in [6.07, 6.45) is 0.552. The first-order valence-electron chi connectivity index (χ1n) is 13.2. The van der Waals surface area contributed by atoms with E-state index in [9.17, 15) is 18.0 Å². The molecule has 2 aliphatic rings. The molecule has 0 saturated carbocycles. The first-order chi connectivity index (χ1) is 19.4. The van der Waals surface area contributed by atoms with E-state index in [1.807, 2.05) is 54.6 Å². The van der Waals surface area contributed by atoms with Crippen LogP contribution in [0.4, 0.5) is 11.4 Å². The number of ether oxygens (including phenoxy) is 1. The van der Waals surface area contributed by atoms with Crippen LogP contribution in [-0.4, -0.2) is 52.6 Å². The van der Waals surface area contributed by atoms with Gasteiger partial charge in [-0.25, -0.2) is 8.42 Å². The van der Waals surface area contributed by atoms with Crippen molar-refractivity contribution in [1.29, 1.82) is 0 Å². The number of anilines is 2. The molecule has 2 heterocycles. The second-order valence-corrected chi connectivity index (χ2v) is 11.8. The van der Waals surface area contributed by atoms with E-state index in [4.69, 9.17) is 4.74 Å². The third-order valence-electron chi connectivity index (χ3n) is 7.61. The summed E-state index contributed by atoms with van der Waals surface area (Å²) in [5.41, 5.74) is 2.72. The monoisotopic (exact) mass is 555 g/mol. The number of amides is 2. The Labute approximate surface area is 233 Å². The van der Waals surface area contributed by atoms with E-state index in [1.54, 1.807) is 43.5 Å². The third-order valence-corrected chi connectivity index (χ3v) is 9.43. The molecule has 9 heteroatoms. The Hall–Kier alpha value is -4.21. The fraction of sp³-hybridized carbons (Fsp3) is 0.226. The number of hydrogen-bond donors (Lipinski definition) is 1. The highest BCUT2D eigenvalue weighted by molar-refractivity contribution is 7.93. The third kappa shape index (κ3) is 4.41. The molecular formula is C31H29N3O5S. The number of carbonyl (C=O) groups is 2. The molecule has 2 aliphatic heterocycles. The standard InChI is InChI=1S/C31H29N3O5S/c1-39-17-16-32-30(35)28-19-23-10-4-6-12-26(23)33(28)31(36)29-20-24-11-5-7-13-27(24)34(29)40(37,38)25-15-14-21-8-2-3-9-22(21)18-25/h2-15,18,28-29H,16-17,19-20H2,1H3,(H,32,35). The van der Waals surface area contributed by atoms with Crippen molar-refractivity contribution in [2.75, 3.05) is 29.5 Å². The molecule has 0 bridgehead atoms. The molecule has 204 valence electrons. The summed E-state index contributed by atoms with van der Waals surface area (Å²) >= 11 is 0. The maximum atomic E-state index is 14.4. The van der Waals surface area contributed by atoms with Crippen LogP contribution >= 0.6 is 0 Å².